The first-order valence-corrected chi connectivity index (χ1v) is 5.95. The van der Waals surface area contributed by atoms with Gasteiger partial charge in [-0.3, -0.25) is 9.78 Å². The van der Waals surface area contributed by atoms with Crippen molar-refractivity contribution < 1.29 is 9.21 Å². The summed E-state index contributed by atoms with van der Waals surface area (Å²) in [6, 6.07) is 7.02. The maximum Gasteiger partial charge on any atom is 0.291 e. The Labute approximate surface area is 106 Å². The van der Waals surface area contributed by atoms with E-state index in [0.29, 0.717) is 17.4 Å². The van der Waals surface area contributed by atoms with Gasteiger partial charge >= 0.3 is 0 Å². The lowest BCUT2D eigenvalue weighted by molar-refractivity contribution is 0.0994. The molecule has 94 valence electrons. The Morgan fingerprint density at radius 2 is 2.00 bits per heavy atom. The fourth-order valence-corrected chi connectivity index (χ4v) is 1.64. The van der Waals surface area contributed by atoms with Crippen LogP contribution < -0.4 is 5.32 Å². The highest BCUT2D eigenvalue weighted by Gasteiger charge is 2.11. The maximum absolute atomic E-state index is 11.9. The fraction of sp³-hybridized carbons (Fsp3) is 0.286. The van der Waals surface area contributed by atoms with Gasteiger partial charge < -0.3 is 9.73 Å². The number of nitrogens with zero attached hydrogens (tertiary/aromatic N) is 1. The summed E-state index contributed by atoms with van der Waals surface area (Å²) in [4.78, 5) is 15.8. The Bertz CT molecular complexity index is 518. The van der Waals surface area contributed by atoms with E-state index in [1.165, 1.54) is 0 Å². The number of amides is 1. The summed E-state index contributed by atoms with van der Waals surface area (Å²) in [5.74, 6) is 1.44. The zero-order valence-electron chi connectivity index (χ0n) is 10.5. The van der Waals surface area contributed by atoms with Crippen LogP contribution in [0.1, 0.15) is 30.2 Å². The molecule has 0 saturated heterocycles. The van der Waals surface area contributed by atoms with Gasteiger partial charge in [0, 0.05) is 24.5 Å². The van der Waals surface area contributed by atoms with Gasteiger partial charge in [-0.15, -0.1) is 0 Å². The lowest BCUT2D eigenvalue weighted by atomic mass is 10.1. The van der Waals surface area contributed by atoms with Crippen molar-refractivity contribution in [3.05, 3.63) is 48.2 Å². The number of anilines is 1. The average Bonchev–Trinajstić information content (AvgIpc) is 2.78. The Hall–Kier alpha value is -2.10. The number of hydrogen-bond acceptors (Lipinski definition) is 3. The minimum absolute atomic E-state index is 0.240. The van der Waals surface area contributed by atoms with E-state index in [4.69, 9.17) is 4.42 Å². The lowest BCUT2D eigenvalue weighted by Gasteiger charge is -2.02. The Kier molecular flexibility index (Phi) is 3.77. The second-order valence-electron chi connectivity index (χ2n) is 4.55. The van der Waals surface area contributed by atoms with Gasteiger partial charge in [0.05, 0.1) is 0 Å². The van der Waals surface area contributed by atoms with Crippen molar-refractivity contribution in [2.75, 3.05) is 5.32 Å². The molecule has 0 aliphatic carbocycles. The van der Waals surface area contributed by atoms with Gasteiger partial charge in [0.25, 0.3) is 5.91 Å². The zero-order chi connectivity index (χ0) is 13.0. The van der Waals surface area contributed by atoms with Gasteiger partial charge in [-0.25, -0.2) is 0 Å². The Morgan fingerprint density at radius 1 is 1.28 bits per heavy atom. The summed E-state index contributed by atoms with van der Waals surface area (Å²) < 4.78 is 5.50. The monoisotopic (exact) mass is 244 g/mol. The smallest absolute Gasteiger partial charge is 0.291 e. The normalized spacial score (nSPS) is 10.6. The van der Waals surface area contributed by atoms with Crippen molar-refractivity contribution in [1.82, 2.24) is 4.98 Å². The first kappa shape index (κ1) is 12.4. The third-order valence-corrected chi connectivity index (χ3v) is 2.43. The van der Waals surface area contributed by atoms with Crippen LogP contribution in [0.25, 0.3) is 0 Å². The molecule has 18 heavy (non-hydrogen) atoms. The Balaban J connectivity index is 2.03. The van der Waals surface area contributed by atoms with Crippen LogP contribution in [0.3, 0.4) is 0 Å². The average molecular weight is 244 g/mol. The molecule has 2 heterocycles. The van der Waals surface area contributed by atoms with Crippen LogP contribution in [0.2, 0.25) is 0 Å². The molecule has 0 fully saturated rings. The van der Waals surface area contributed by atoms with Crippen LogP contribution in [0, 0.1) is 5.92 Å². The molecule has 0 unspecified atom stereocenters. The standard InChI is InChI=1S/C14H16N2O2/c1-10(2)9-12-3-4-13(18-12)14(17)16-11-5-7-15-8-6-11/h3-8,10H,9H2,1-2H3,(H,15,16,17). The summed E-state index contributed by atoms with van der Waals surface area (Å²) in [7, 11) is 0. The van der Waals surface area contributed by atoms with E-state index in [0.717, 1.165) is 12.2 Å². The second-order valence-corrected chi connectivity index (χ2v) is 4.55. The predicted octanol–water partition coefficient (Wildman–Crippen LogP) is 3.13. The third kappa shape index (κ3) is 3.20. The second kappa shape index (κ2) is 5.49. The van der Waals surface area contributed by atoms with Crippen LogP contribution in [-0.4, -0.2) is 10.9 Å². The predicted molar refractivity (Wildman–Crippen MR) is 69.4 cm³/mol. The van der Waals surface area contributed by atoms with Crippen molar-refractivity contribution >= 4 is 11.6 Å². The minimum Gasteiger partial charge on any atom is -0.456 e. The molecule has 0 bridgehead atoms. The van der Waals surface area contributed by atoms with E-state index in [2.05, 4.69) is 24.1 Å². The first-order chi connectivity index (χ1) is 8.65. The van der Waals surface area contributed by atoms with Gasteiger partial charge in [0.1, 0.15) is 5.76 Å². The van der Waals surface area contributed by atoms with Gasteiger partial charge in [-0.2, -0.15) is 0 Å². The molecule has 0 aliphatic heterocycles. The lowest BCUT2D eigenvalue weighted by Crippen LogP contribution is -2.10. The summed E-state index contributed by atoms with van der Waals surface area (Å²) in [6.45, 7) is 4.22. The van der Waals surface area contributed by atoms with Crippen LogP contribution in [0.15, 0.2) is 41.1 Å². The highest BCUT2D eigenvalue weighted by Crippen LogP contribution is 2.14. The Morgan fingerprint density at radius 3 is 2.67 bits per heavy atom. The van der Waals surface area contributed by atoms with Gasteiger partial charge in [0.2, 0.25) is 0 Å². The van der Waals surface area contributed by atoms with Crippen LogP contribution in [-0.2, 0) is 6.42 Å². The molecule has 0 radical (unpaired) electrons. The van der Waals surface area contributed by atoms with Crippen LogP contribution in [0.5, 0.6) is 0 Å². The summed E-state index contributed by atoms with van der Waals surface area (Å²) in [6.07, 6.45) is 4.09. The van der Waals surface area contributed by atoms with E-state index in [-0.39, 0.29) is 5.91 Å². The van der Waals surface area contributed by atoms with Gasteiger partial charge in [-0.05, 0) is 30.2 Å². The molecule has 1 amide bonds. The van der Waals surface area contributed by atoms with Crippen molar-refractivity contribution in [2.24, 2.45) is 5.92 Å². The van der Waals surface area contributed by atoms with E-state index in [1.807, 2.05) is 6.07 Å². The zero-order valence-corrected chi connectivity index (χ0v) is 10.5. The third-order valence-electron chi connectivity index (χ3n) is 2.43. The fourth-order valence-electron chi connectivity index (χ4n) is 1.64. The van der Waals surface area contributed by atoms with Crippen LogP contribution in [0.4, 0.5) is 5.69 Å². The molecular formula is C14H16N2O2. The first-order valence-electron chi connectivity index (χ1n) is 5.95. The minimum atomic E-state index is -0.240. The summed E-state index contributed by atoms with van der Waals surface area (Å²) >= 11 is 0. The number of aromatic nitrogens is 1. The molecule has 2 aromatic rings. The topological polar surface area (TPSA) is 55.1 Å². The SMILES string of the molecule is CC(C)Cc1ccc(C(=O)Nc2ccncc2)o1. The van der Waals surface area contributed by atoms with E-state index < -0.39 is 0 Å². The number of carbonyl (C=O) groups is 1. The van der Waals surface area contributed by atoms with Gasteiger partial charge in [-0.1, -0.05) is 13.8 Å². The molecule has 0 atom stereocenters. The molecule has 0 spiro atoms. The van der Waals surface area contributed by atoms with Crippen LogP contribution >= 0.6 is 0 Å². The molecule has 0 aliphatic rings. The van der Waals surface area contributed by atoms with E-state index in [1.54, 1.807) is 30.6 Å². The number of carbonyl (C=O) groups excluding carboxylic acids is 1. The molecular weight excluding hydrogens is 228 g/mol. The number of furan rings is 1. The summed E-state index contributed by atoms with van der Waals surface area (Å²) in [5, 5.41) is 2.75. The maximum atomic E-state index is 11.9. The number of rotatable bonds is 4. The van der Waals surface area contributed by atoms with Crippen molar-refractivity contribution in [1.29, 1.82) is 0 Å². The van der Waals surface area contributed by atoms with Crippen molar-refractivity contribution in [2.45, 2.75) is 20.3 Å². The van der Waals surface area contributed by atoms with Crippen molar-refractivity contribution in [3.8, 4) is 0 Å². The highest BCUT2D eigenvalue weighted by atomic mass is 16.3. The number of pyridine rings is 1. The summed E-state index contributed by atoms with van der Waals surface area (Å²) in [5.41, 5.74) is 0.705. The number of hydrogen-bond donors (Lipinski definition) is 1. The number of nitrogens with one attached hydrogen (secondary N) is 1. The quantitative estimate of drug-likeness (QED) is 0.899. The van der Waals surface area contributed by atoms with Gasteiger partial charge in [0.15, 0.2) is 5.76 Å². The molecule has 1 N–H and O–H groups in total. The molecule has 2 aromatic heterocycles. The molecule has 2 rings (SSSR count). The highest BCUT2D eigenvalue weighted by molar-refractivity contribution is 6.02. The molecule has 4 heteroatoms. The molecule has 4 nitrogen and oxygen atoms in total. The van der Waals surface area contributed by atoms with E-state index >= 15 is 0 Å². The molecule has 0 aromatic carbocycles. The van der Waals surface area contributed by atoms with E-state index in [9.17, 15) is 4.79 Å². The largest absolute Gasteiger partial charge is 0.456 e. The van der Waals surface area contributed by atoms with Crippen molar-refractivity contribution in [3.63, 3.8) is 0 Å². The molecule has 0 saturated carbocycles.